The summed E-state index contributed by atoms with van der Waals surface area (Å²) in [6, 6.07) is 2.19. The largest absolute Gasteiger partial charge is 0.207 e. The molecule has 0 aromatic heterocycles. The quantitative estimate of drug-likeness (QED) is 0.651. The van der Waals surface area contributed by atoms with Crippen LogP contribution in [0.1, 0.15) is 26.3 Å². The Hall–Kier alpha value is -0.440. The minimum absolute atomic E-state index is 0.323. The average Bonchev–Trinajstić information content (AvgIpc) is 1.78. The molecule has 0 aliphatic carbocycles. The Morgan fingerprint density at radius 2 is 1.69 bits per heavy atom. The molecule has 0 radical (unpaired) electrons. The molecule has 3 heteroatoms. The lowest BCUT2D eigenvalue weighted by Gasteiger charge is -2.21. The van der Waals surface area contributed by atoms with Gasteiger partial charge in [-0.15, -0.1) is 0 Å². The van der Waals surface area contributed by atoms with Crippen molar-refractivity contribution in [3.05, 3.63) is 33.8 Å². The summed E-state index contributed by atoms with van der Waals surface area (Å²) in [7, 11) is 0. The molecule has 0 nitrogen and oxygen atoms in total. The van der Waals surface area contributed by atoms with Crippen LogP contribution >= 0.6 is 15.9 Å². The summed E-state index contributed by atoms with van der Waals surface area (Å²) in [5.41, 5.74) is 0.185. The predicted molar refractivity (Wildman–Crippen MR) is 52.8 cm³/mol. The van der Waals surface area contributed by atoms with E-state index < -0.39 is 11.6 Å². The van der Waals surface area contributed by atoms with Crippen LogP contribution in [0.4, 0.5) is 8.78 Å². The van der Waals surface area contributed by atoms with E-state index in [0.717, 1.165) is 6.07 Å². The van der Waals surface area contributed by atoms with Crippen LogP contribution in [-0.4, -0.2) is 0 Å². The predicted octanol–water partition coefficient (Wildman–Crippen LogP) is 4.02. The average molecular weight is 249 g/mol. The van der Waals surface area contributed by atoms with Gasteiger partial charge in [0, 0.05) is 16.1 Å². The summed E-state index contributed by atoms with van der Waals surface area (Å²) < 4.78 is 26.5. The summed E-state index contributed by atoms with van der Waals surface area (Å²) in [4.78, 5) is 0. The van der Waals surface area contributed by atoms with Crippen molar-refractivity contribution in [2.45, 2.75) is 26.2 Å². The third-order valence-electron chi connectivity index (χ3n) is 1.76. The normalized spacial score (nSPS) is 11.8. The van der Waals surface area contributed by atoms with Crippen molar-refractivity contribution in [1.29, 1.82) is 0 Å². The summed E-state index contributed by atoms with van der Waals surface area (Å²) in [6.07, 6.45) is 0. The number of rotatable bonds is 0. The van der Waals surface area contributed by atoms with Crippen LogP contribution in [0.3, 0.4) is 0 Å². The summed E-state index contributed by atoms with van der Waals surface area (Å²) in [6.45, 7) is 5.65. The maximum absolute atomic E-state index is 13.3. The van der Waals surface area contributed by atoms with Gasteiger partial charge in [0.1, 0.15) is 11.6 Å². The Kier molecular flexibility index (Phi) is 2.76. The number of hydrogen-bond acceptors (Lipinski definition) is 0. The van der Waals surface area contributed by atoms with Crippen molar-refractivity contribution in [3.63, 3.8) is 0 Å². The van der Waals surface area contributed by atoms with Gasteiger partial charge in [0.15, 0.2) is 0 Å². The summed E-state index contributed by atoms with van der Waals surface area (Å²) in [5.74, 6) is -1.06. The Balaban J connectivity index is 3.38. The molecular weight excluding hydrogens is 238 g/mol. The minimum atomic E-state index is -0.558. The van der Waals surface area contributed by atoms with E-state index in [1.165, 1.54) is 6.07 Å². The van der Waals surface area contributed by atoms with E-state index in [9.17, 15) is 8.78 Å². The van der Waals surface area contributed by atoms with E-state index >= 15 is 0 Å². The molecule has 0 aliphatic rings. The van der Waals surface area contributed by atoms with E-state index in [4.69, 9.17) is 0 Å². The second kappa shape index (κ2) is 3.37. The van der Waals surface area contributed by atoms with E-state index in [-0.39, 0.29) is 5.41 Å². The fourth-order valence-corrected chi connectivity index (χ4v) is 2.26. The Morgan fingerprint density at radius 3 is 2.08 bits per heavy atom. The van der Waals surface area contributed by atoms with Gasteiger partial charge in [-0.2, -0.15) is 0 Å². The van der Waals surface area contributed by atoms with Gasteiger partial charge in [-0.05, 0) is 11.5 Å². The zero-order valence-electron chi connectivity index (χ0n) is 7.79. The van der Waals surface area contributed by atoms with Gasteiger partial charge in [-0.25, -0.2) is 8.78 Å². The molecule has 1 rings (SSSR count). The molecule has 0 unspecified atom stereocenters. The van der Waals surface area contributed by atoms with Crippen molar-refractivity contribution in [3.8, 4) is 0 Å². The van der Waals surface area contributed by atoms with Gasteiger partial charge >= 0.3 is 0 Å². The van der Waals surface area contributed by atoms with E-state index in [1.54, 1.807) is 0 Å². The third kappa shape index (κ3) is 2.27. The summed E-state index contributed by atoms with van der Waals surface area (Å²) >= 11 is 3.15. The van der Waals surface area contributed by atoms with Crippen molar-refractivity contribution >= 4 is 15.9 Å². The molecule has 0 aliphatic heterocycles. The molecule has 0 atom stereocenters. The van der Waals surface area contributed by atoms with E-state index in [0.29, 0.717) is 10.0 Å². The van der Waals surface area contributed by atoms with Crippen molar-refractivity contribution < 1.29 is 8.78 Å². The molecule has 1 aromatic rings. The molecule has 0 saturated carbocycles. The summed E-state index contributed by atoms with van der Waals surface area (Å²) in [5, 5.41) is 0. The van der Waals surface area contributed by atoms with Crippen molar-refractivity contribution in [2.75, 3.05) is 0 Å². The zero-order valence-corrected chi connectivity index (χ0v) is 9.37. The van der Waals surface area contributed by atoms with Crippen LogP contribution in [0, 0.1) is 11.6 Å². The van der Waals surface area contributed by atoms with Gasteiger partial charge in [-0.1, -0.05) is 36.7 Å². The SMILES string of the molecule is CC(C)(C)c1c(F)cc(F)cc1Br. The molecule has 72 valence electrons. The number of halogens is 3. The first kappa shape index (κ1) is 10.6. The minimum Gasteiger partial charge on any atom is -0.207 e. The molecule has 13 heavy (non-hydrogen) atoms. The maximum atomic E-state index is 13.3. The van der Waals surface area contributed by atoms with E-state index in [1.807, 2.05) is 20.8 Å². The molecule has 0 spiro atoms. The molecule has 0 N–H and O–H groups in total. The third-order valence-corrected chi connectivity index (χ3v) is 2.38. The highest BCUT2D eigenvalue weighted by Crippen LogP contribution is 2.32. The highest BCUT2D eigenvalue weighted by molar-refractivity contribution is 9.10. The number of hydrogen-bond donors (Lipinski definition) is 0. The van der Waals surface area contributed by atoms with Crippen LogP contribution < -0.4 is 0 Å². The Morgan fingerprint density at radius 1 is 1.15 bits per heavy atom. The fourth-order valence-electron chi connectivity index (χ4n) is 1.26. The standard InChI is InChI=1S/C10H11BrF2/c1-10(2,3)9-7(11)4-6(12)5-8(9)13/h4-5H,1-3H3. The lowest BCUT2D eigenvalue weighted by atomic mass is 9.87. The first-order valence-corrected chi connectivity index (χ1v) is 4.76. The van der Waals surface area contributed by atoms with Gasteiger partial charge in [0.05, 0.1) is 0 Å². The molecule has 0 heterocycles. The zero-order chi connectivity index (χ0) is 10.2. The van der Waals surface area contributed by atoms with Crippen LogP contribution in [0.5, 0.6) is 0 Å². The molecule has 0 saturated heterocycles. The first-order chi connectivity index (χ1) is 5.82. The molecule has 0 fully saturated rings. The van der Waals surface area contributed by atoms with Gasteiger partial charge in [-0.3, -0.25) is 0 Å². The highest BCUT2D eigenvalue weighted by Gasteiger charge is 2.22. The molecule has 0 bridgehead atoms. The Labute approximate surface area is 85.1 Å². The molecule has 1 aromatic carbocycles. The van der Waals surface area contributed by atoms with Gasteiger partial charge < -0.3 is 0 Å². The lowest BCUT2D eigenvalue weighted by Crippen LogP contribution is -2.14. The monoisotopic (exact) mass is 248 g/mol. The van der Waals surface area contributed by atoms with Crippen LogP contribution in [0.25, 0.3) is 0 Å². The van der Waals surface area contributed by atoms with Crippen LogP contribution in [0.15, 0.2) is 16.6 Å². The lowest BCUT2D eigenvalue weighted by molar-refractivity contribution is 0.508. The highest BCUT2D eigenvalue weighted by atomic mass is 79.9. The second-order valence-corrected chi connectivity index (χ2v) is 4.85. The fraction of sp³-hybridized carbons (Fsp3) is 0.400. The first-order valence-electron chi connectivity index (χ1n) is 3.97. The van der Waals surface area contributed by atoms with Crippen LogP contribution in [0.2, 0.25) is 0 Å². The maximum Gasteiger partial charge on any atom is 0.130 e. The second-order valence-electron chi connectivity index (χ2n) is 3.99. The molecular formula is C10H11BrF2. The smallest absolute Gasteiger partial charge is 0.130 e. The topological polar surface area (TPSA) is 0 Å². The number of benzene rings is 1. The van der Waals surface area contributed by atoms with Gasteiger partial charge in [0.25, 0.3) is 0 Å². The van der Waals surface area contributed by atoms with Crippen molar-refractivity contribution in [1.82, 2.24) is 0 Å². The Bertz CT molecular complexity index is 303. The van der Waals surface area contributed by atoms with E-state index in [2.05, 4.69) is 15.9 Å². The molecule has 0 amide bonds. The van der Waals surface area contributed by atoms with Crippen LogP contribution in [-0.2, 0) is 5.41 Å². The van der Waals surface area contributed by atoms with Gasteiger partial charge in [0.2, 0.25) is 0 Å². The van der Waals surface area contributed by atoms with Crippen molar-refractivity contribution in [2.24, 2.45) is 0 Å².